The Morgan fingerprint density at radius 2 is 2.32 bits per heavy atom. The first-order chi connectivity index (χ1) is 11.6. The van der Waals surface area contributed by atoms with E-state index in [0.717, 1.165) is 37.6 Å². The van der Waals surface area contributed by atoms with E-state index >= 15 is 0 Å². The van der Waals surface area contributed by atoms with Crippen molar-refractivity contribution in [3.05, 3.63) is 24.1 Å². The molecule has 0 saturated carbocycles. The summed E-state index contributed by atoms with van der Waals surface area (Å²) in [5, 5.41) is 14.8. The van der Waals surface area contributed by atoms with Gasteiger partial charge in [0.15, 0.2) is 11.8 Å². The molecule has 3 rings (SSSR count). The van der Waals surface area contributed by atoms with Gasteiger partial charge in [0, 0.05) is 46.3 Å². The van der Waals surface area contributed by atoms with Crippen LogP contribution in [0.25, 0.3) is 0 Å². The lowest BCUT2D eigenvalue weighted by Crippen LogP contribution is -2.51. The maximum Gasteiger partial charge on any atom is 0.223 e. The van der Waals surface area contributed by atoms with Gasteiger partial charge in [-0.3, -0.25) is 9.67 Å². The smallest absolute Gasteiger partial charge is 0.223 e. The Labute approximate surface area is 164 Å². The van der Waals surface area contributed by atoms with E-state index in [0.29, 0.717) is 24.3 Å². The summed E-state index contributed by atoms with van der Waals surface area (Å²) in [6.07, 6.45) is 6.20. The first-order valence-electron chi connectivity index (χ1n) is 8.14. The van der Waals surface area contributed by atoms with Crippen LogP contribution >= 0.6 is 24.0 Å². The molecule has 1 unspecified atom stereocenters. The third kappa shape index (κ3) is 5.31. The maximum absolute atomic E-state index is 4.97. The van der Waals surface area contributed by atoms with Crippen molar-refractivity contribution in [3.63, 3.8) is 0 Å². The lowest BCUT2D eigenvalue weighted by atomic mass is 10.1. The van der Waals surface area contributed by atoms with Gasteiger partial charge in [0.25, 0.3) is 0 Å². The molecule has 1 aliphatic heterocycles. The number of piperidine rings is 1. The lowest BCUT2D eigenvalue weighted by Gasteiger charge is -2.34. The Balaban J connectivity index is 0.00000225. The highest BCUT2D eigenvalue weighted by molar-refractivity contribution is 14.0. The minimum atomic E-state index is 0. The molecule has 2 aromatic rings. The zero-order valence-electron chi connectivity index (χ0n) is 14.8. The SMILES string of the molecule is CN=C(NCc1noc(C)n1)NC1CCCN(c2cnn(C)c2)C1.I. The fourth-order valence-corrected chi connectivity index (χ4v) is 2.86. The molecule has 0 spiro atoms. The minimum Gasteiger partial charge on any atom is -0.367 e. The first-order valence-corrected chi connectivity index (χ1v) is 8.14. The third-order valence-corrected chi connectivity index (χ3v) is 4.03. The molecule has 2 aromatic heterocycles. The fourth-order valence-electron chi connectivity index (χ4n) is 2.86. The normalized spacial score (nSPS) is 18.0. The molecular weight excluding hydrogens is 435 g/mol. The Morgan fingerprint density at radius 1 is 1.48 bits per heavy atom. The summed E-state index contributed by atoms with van der Waals surface area (Å²) in [7, 11) is 3.70. The first kappa shape index (κ1) is 19.5. The zero-order valence-corrected chi connectivity index (χ0v) is 17.1. The molecule has 9 nitrogen and oxygen atoms in total. The van der Waals surface area contributed by atoms with Crippen LogP contribution in [0.15, 0.2) is 21.9 Å². The van der Waals surface area contributed by atoms with Gasteiger partial charge in [0.05, 0.1) is 18.4 Å². The number of halogens is 1. The molecule has 0 amide bonds. The number of nitrogens with zero attached hydrogens (tertiary/aromatic N) is 6. The number of aliphatic imine (C=N–C) groups is 1. The van der Waals surface area contributed by atoms with Crippen molar-refractivity contribution in [2.45, 2.75) is 32.4 Å². The van der Waals surface area contributed by atoms with Crippen molar-refractivity contribution in [1.82, 2.24) is 30.6 Å². The van der Waals surface area contributed by atoms with Crippen LogP contribution in [0.1, 0.15) is 24.6 Å². The Kier molecular flexibility index (Phi) is 7.02. The van der Waals surface area contributed by atoms with Gasteiger partial charge in [-0.2, -0.15) is 10.1 Å². The van der Waals surface area contributed by atoms with Crippen LogP contribution in [0, 0.1) is 6.92 Å². The van der Waals surface area contributed by atoms with E-state index in [2.05, 4.69) is 35.8 Å². The standard InChI is InChI=1S/C15H24N8O.HI/c1-11-19-14(21-24-11)8-17-15(16-2)20-12-5-4-6-23(9-12)13-7-18-22(3)10-13;/h7,10,12H,4-6,8-9H2,1-3H3,(H2,16,17,20);1H. The highest BCUT2D eigenvalue weighted by atomic mass is 127. The van der Waals surface area contributed by atoms with Crippen molar-refractivity contribution in [3.8, 4) is 0 Å². The molecule has 2 N–H and O–H groups in total. The summed E-state index contributed by atoms with van der Waals surface area (Å²) in [6.45, 7) is 4.24. The van der Waals surface area contributed by atoms with Crippen molar-refractivity contribution < 1.29 is 4.52 Å². The van der Waals surface area contributed by atoms with Gasteiger partial charge in [0.1, 0.15) is 0 Å². The molecule has 1 saturated heterocycles. The molecule has 0 radical (unpaired) electrons. The van der Waals surface area contributed by atoms with Gasteiger partial charge in [-0.05, 0) is 12.8 Å². The van der Waals surface area contributed by atoms with Crippen molar-refractivity contribution in [1.29, 1.82) is 0 Å². The number of guanidine groups is 1. The Hall–Kier alpha value is -1.85. The van der Waals surface area contributed by atoms with Crippen molar-refractivity contribution in [2.75, 3.05) is 25.0 Å². The summed E-state index contributed by atoms with van der Waals surface area (Å²) in [5.74, 6) is 1.93. The van der Waals surface area contributed by atoms with E-state index in [-0.39, 0.29) is 24.0 Å². The minimum absolute atomic E-state index is 0. The highest BCUT2D eigenvalue weighted by Gasteiger charge is 2.21. The molecule has 0 aromatic carbocycles. The van der Waals surface area contributed by atoms with E-state index < -0.39 is 0 Å². The van der Waals surface area contributed by atoms with Gasteiger partial charge in [-0.25, -0.2) is 0 Å². The van der Waals surface area contributed by atoms with Crippen LogP contribution < -0.4 is 15.5 Å². The van der Waals surface area contributed by atoms with Gasteiger partial charge in [0.2, 0.25) is 5.89 Å². The second-order valence-corrected chi connectivity index (χ2v) is 5.96. The molecule has 0 bridgehead atoms. The monoisotopic (exact) mass is 460 g/mol. The summed E-state index contributed by atoms with van der Waals surface area (Å²) in [5.41, 5.74) is 1.16. The predicted octanol–water partition coefficient (Wildman–Crippen LogP) is 1.06. The molecule has 1 atom stereocenters. The predicted molar refractivity (Wildman–Crippen MR) is 106 cm³/mol. The fraction of sp³-hybridized carbons (Fsp3) is 0.600. The van der Waals surface area contributed by atoms with Crippen LogP contribution in [0.3, 0.4) is 0 Å². The van der Waals surface area contributed by atoms with Gasteiger partial charge < -0.3 is 20.1 Å². The van der Waals surface area contributed by atoms with Gasteiger partial charge in [-0.1, -0.05) is 5.16 Å². The van der Waals surface area contributed by atoms with Crippen LogP contribution in [-0.4, -0.2) is 52.1 Å². The second kappa shape index (κ2) is 9.02. The molecule has 10 heteroatoms. The summed E-state index contributed by atoms with van der Waals surface area (Å²) in [4.78, 5) is 10.8. The maximum atomic E-state index is 4.97. The number of hydrogen-bond acceptors (Lipinski definition) is 6. The lowest BCUT2D eigenvalue weighted by molar-refractivity contribution is 0.386. The quantitative estimate of drug-likeness (QED) is 0.400. The van der Waals surface area contributed by atoms with Crippen LogP contribution in [0.2, 0.25) is 0 Å². The topological polar surface area (TPSA) is 96.4 Å². The highest BCUT2D eigenvalue weighted by Crippen LogP contribution is 2.18. The van der Waals surface area contributed by atoms with Crippen molar-refractivity contribution in [2.24, 2.45) is 12.0 Å². The zero-order chi connectivity index (χ0) is 16.9. The van der Waals surface area contributed by atoms with Gasteiger partial charge in [-0.15, -0.1) is 24.0 Å². The average Bonchev–Trinajstić information content (AvgIpc) is 3.20. The van der Waals surface area contributed by atoms with Crippen LogP contribution in [0.4, 0.5) is 5.69 Å². The van der Waals surface area contributed by atoms with Crippen molar-refractivity contribution >= 4 is 35.6 Å². The van der Waals surface area contributed by atoms with E-state index in [9.17, 15) is 0 Å². The number of nitrogens with one attached hydrogen (secondary N) is 2. The van der Waals surface area contributed by atoms with Crippen LogP contribution in [0.5, 0.6) is 0 Å². The summed E-state index contributed by atoms with van der Waals surface area (Å²) >= 11 is 0. The second-order valence-electron chi connectivity index (χ2n) is 5.96. The third-order valence-electron chi connectivity index (χ3n) is 4.03. The number of aromatic nitrogens is 4. The molecule has 138 valence electrons. The number of hydrogen-bond donors (Lipinski definition) is 2. The van der Waals surface area contributed by atoms with E-state index in [1.807, 2.05) is 24.1 Å². The van der Waals surface area contributed by atoms with Gasteiger partial charge >= 0.3 is 0 Å². The number of anilines is 1. The molecule has 3 heterocycles. The Morgan fingerprint density at radius 3 is 2.96 bits per heavy atom. The molecule has 1 aliphatic rings. The molecule has 0 aliphatic carbocycles. The molecule has 25 heavy (non-hydrogen) atoms. The largest absolute Gasteiger partial charge is 0.367 e. The van der Waals surface area contributed by atoms with E-state index in [1.165, 1.54) is 0 Å². The summed E-state index contributed by atoms with van der Waals surface area (Å²) in [6, 6.07) is 0.331. The van der Waals surface area contributed by atoms with E-state index in [4.69, 9.17) is 4.52 Å². The number of rotatable bonds is 4. The van der Waals surface area contributed by atoms with E-state index in [1.54, 1.807) is 14.0 Å². The summed E-state index contributed by atoms with van der Waals surface area (Å²) < 4.78 is 6.80. The van der Waals surface area contributed by atoms with Crippen LogP contribution in [-0.2, 0) is 13.6 Å². The molecule has 1 fully saturated rings. The molecular formula is C15H25IN8O. The Bertz CT molecular complexity index is 697. The number of aryl methyl sites for hydroxylation is 2. The average molecular weight is 460 g/mol.